The first kappa shape index (κ1) is 22.7. The SMILES string of the molecule is CCOC(=O)c1ccccc1.O=C(O)c1ccccc1.O=Pc1ccccc1. The Hall–Kier alpha value is -3.30. The van der Waals surface area contributed by atoms with Crippen molar-refractivity contribution in [2.75, 3.05) is 6.61 Å². The Bertz CT molecular complexity index is 837. The molecule has 5 nitrogen and oxygen atoms in total. The molecule has 0 aliphatic heterocycles. The van der Waals surface area contributed by atoms with Gasteiger partial charge in [-0.25, -0.2) is 9.59 Å². The third kappa shape index (κ3) is 9.41. The third-order valence-electron chi connectivity index (χ3n) is 3.17. The van der Waals surface area contributed by atoms with Crippen LogP contribution < -0.4 is 5.30 Å². The van der Waals surface area contributed by atoms with Gasteiger partial charge in [0.2, 0.25) is 0 Å². The van der Waals surface area contributed by atoms with E-state index < -0.39 is 5.97 Å². The van der Waals surface area contributed by atoms with Gasteiger partial charge in [0.05, 0.1) is 17.7 Å². The largest absolute Gasteiger partial charge is 0.478 e. The van der Waals surface area contributed by atoms with Crippen LogP contribution in [-0.2, 0) is 9.30 Å². The summed E-state index contributed by atoms with van der Waals surface area (Å²) in [6.07, 6.45) is 0. The van der Waals surface area contributed by atoms with Crippen molar-refractivity contribution in [1.29, 1.82) is 0 Å². The summed E-state index contributed by atoms with van der Waals surface area (Å²) >= 11 is 0. The highest BCUT2D eigenvalue weighted by molar-refractivity contribution is 7.34. The molecular weight excluding hydrogens is 375 g/mol. The molecule has 3 rings (SSSR count). The Labute approximate surface area is 165 Å². The lowest BCUT2D eigenvalue weighted by molar-refractivity contribution is 0.0525. The minimum atomic E-state index is -0.879. The molecule has 1 N–H and O–H groups in total. The number of hydrogen-bond acceptors (Lipinski definition) is 4. The summed E-state index contributed by atoms with van der Waals surface area (Å²) in [6, 6.07) is 26.5. The van der Waals surface area contributed by atoms with Crippen LogP contribution in [0, 0.1) is 0 Å². The zero-order chi connectivity index (χ0) is 20.6. The number of hydrogen-bond donors (Lipinski definition) is 1. The van der Waals surface area contributed by atoms with Gasteiger partial charge in [-0.05, 0) is 43.3 Å². The molecule has 0 saturated carbocycles. The quantitative estimate of drug-likeness (QED) is 0.504. The number of carbonyl (C=O) groups excluding carboxylic acids is 1. The fourth-order valence-electron chi connectivity index (χ4n) is 1.86. The molecule has 144 valence electrons. The van der Waals surface area contributed by atoms with Crippen LogP contribution in [0.4, 0.5) is 0 Å². The van der Waals surface area contributed by atoms with Crippen molar-refractivity contribution in [3.05, 3.63) is 102 Å². The molecule has 3 aromatic rings. The Kier molecular flexibility index (Phi) is 11.2. The van der Waals surface area contributed by atoms with Crippen LogP contribution in [0.15, 0.2) is 91.0 Å². The average Bonchev–Trinajstić information content (AvgIpc) is 2.76. The molecule has 0 aliphatic carbocycles. The number of carboxylic acid groups (broad SMARTS) is 1. The van der Waals surface area contributed by atoms with Gasteiger partial charge in [0.15, 0.2) is 8.46 Å². The van der Waals surface area contributed by atoms with Gasteiger partial charge in [-0.2, -0.15) is 0 Å². The lowest BCUT2D eigenvalue weighted by Gasteiger charge is -1.99. The second kappa shape index (κ2) is 13.8. The minimum Gasteiger partial charge on any atom is -0.478 e. The molecule has 3 aromatic carbocycles. The molecular formula is C22H21O5P. The normalized spacial score (nSPS) is 9.18. The molecule has 0 spiro atoms. The number of carboxylic acids is 1. The van der Waals surface area contributed by atoms with Crippen LogP contribution in [0.3, 0.4) is 0 Å². The monoisotopic (exact) mass is 396 g/mol. The maximum absolute atomic E-state index is 11.0. The van der Waals surface area contributed by atoms with E-state index in [9.17, 15) is 14.2 Å². The number of ether oxygens (including phenoxy) is 1. The van der Waals surface area contributed by atoms with Crippen LogP contribution in [0.5, 0.6) is 0 Å². The van der Waals surface area contributed by atoms with E-state index in [1.807, 2.05) is 48.5 Å². The predicted octanol–water partition coefficient (Wildman–Crippen LogP) is 4.85. The molecule has 0 heterocycles. The second-order valence-corrected chi connectivity index (χ2v) is 5.88. The van der Waals surface area contributed by atoms with E-state index in [1.165, 1.54) is 0 Å². The molecule has 0 radical (unpaired) electrons. The van der Waals surface area contributed by atoms with Gasteiger partial charge in [0.1, 0.15) is 0 Å². The van der Waals surface area contributed by atoms with Gasteiger partial charge in [0.25, 0.3) is 0 Å². The van der Waals surface area contributed by atoms with Gasteiger partial charge in [0, 0.05) is 5.30 Å². The van der Waals surface area contributed by atoms with E-state index in [-0.39, 0.29) is 14.4 Å². The summed E-state index contributed by atoms with van der Waals surface area (Å²) in [5.74, 6) is -1.14. The van der Waals surface area contributed by atoms with Gasteiger partial charge in [-0.3, -0.25) is 4.57 Å². The molecule has 0 atom stereocenters. The van der Waals surface area contributed by atoms with Crippen LogP contribution >= 0.6 is 8.46 Å². The number of benzene rings is 3. The van der Waals surface area contributed by atoms with Crippen molar-refractivity contribution in [2.45, 2.75) is 6.92 Å². The third-order valence-corrected chi connectivity index (χ3v) is 3.68. The molecule has 0 unspecified atom stereocenters. The highest BCUT2D eigenvalue weighted by Gasteiger charge is 2.02. The fourth-order valence-corrected chi connectivity index (χ4v) is 2.15. The first-order valence-corrected chi connectivity index (χ1v) is 9.28. The topological polar surface area (TPSA) is 80.7 Å². The molecule has 0 fully saturated rings. The van der Waals surface area contributed by atoms with Crippen LogP contribution in [0.2, 0.25) is 0 Å². The van der Waals surface area contributed by atoms with Crippen molar-refractivity contribution in [1.82, 2.24) is 0 Å². The second-order valence-electron chi connectivity index (χ2n) is 5.18. The predicted molar refractivity (Wildman–Crippen MR) is 109 cm³/mol. The Balaban J connectivity index is 0.000000213. The lowest BCUT2D eigenvalue weighted by Crippen LogP contribution is -2.03. The zero-order valence-electron chi connectivity index (χ0n) is 15.4. The summed E-state index contributed by atoms with van der Waals surface area (Å²) in [4.78, 5) is 21.2. The van der Waals surface area contributed by atoms with Crippen molar-refractivity contribution < 1.29 is 24.0 Å². The van der Waals surface area contributed by atoms with Gasteiger partial charge in [-0.15, -0.1) is 0 Å². The number of carbonyl (C=O) groups is 2. The maximum Gasteiger partial charge on any atom is 0.338 e. The fraction of sp³-hybridized carbons (Fsp3) is 0.0909. The van der Waals surface area contributed by atoms with E-state index in [4.69, 9.17) is 9.84 Å². The van der Waals surface area contributed by atoms with E-state index in [0.717, 1.165) is 5.30 Å². The standard InChI is InChI=1S/C9H10O2.C7H6O2.C6H5OP/c1-2-11-9(10)8-6-4-3-5-7-8;8-7(9)6-4-2-1-3-5-6;7-8-6-4-2-1-3-5-6/h3-7H,2H2,1H3;1-5H,(H,8,9);1-5H. The average molecular weight is 396 g/mol. The zero-order valence-corrected chi connectivity index (χ0v) is 16.3. The maximum atomic E-state index is 11.0. The van der Waals surface area contributed by atoms with Gasteiger partial charge < -0.3 is 9.84 Å². The molecule has 0 saturated heterocycles. The Morgan fingerprint density at radius 2 is 1.21 bits per heavy atom. The van der Waals surface area contributed by atoms with Crippen LogP contribution in [-0.4, -0.2) is 23.7 Å². The van der Waals surface area contributed by atoms with E-state index in [2.05, 4.69) is 0 Å². The summed E-state index contributed by atoms with van der Waals surface area (Å²) in [5.41, 5.74) is 0.937. The summed E-state index contributed by atoms with van der Waals surface area (Å²) in [7, 11) is 0.0994. The Morgan fingerprint density at radius 3 is 1.54 bits per heavy atom. The molecule has 0 aromatic heterocycles. The highest BCUT2D eigenvalue weighted by atomic mass is 31.1. The van der Waals surface area contributed by atoms with E-state index >= 15 is 0 Å². The van der Waals surface area contributed by atoms with Crippen molar-refractivity contribution in [3.63, 3.8) is 0 Å². The summed E-state index contributed by atoms with van der Waals surface area (Å²) in [6.45, 7) is 2.22. The molecule has 0 bridgehead atoms. The van der Waals surface area contributed by atoms with Gasteiger partial charge in [-0.1, -0.05) is 54.6 Å². The summed E-state index contributed by atoms with van der Waals surface area (Å²) < 4.78 is 14.9. The van der Waals surface area contributed by atoms with Crippen molar-refractivity contribution >= 4 is 25.7 Å². The minimum absolute atomic E-state index is 0.0994. The smallest absolute Gasteiger partial charge is 0.338 e. The van der Waals surface area contributed by atoms with Crippen LogP contribution in [0.1, 0.15) is 27.6 Å². The Morgan fingerprint density at radius 1 is 0.786 bits per heavy atom. The highest BCUT2D eigenvalue weighted by Crippen LogP contribution is 2.00. The number of esters is 1. The van der Waals surface area contributed by atoms with Crippen LogP contribution in [0.25, 0.3) is 0 Å². The molecule has 6 heteroatoms. The van der Waals surface area contributed by atoms with Crippen molar-refractivity contribution in [2.24, 2.45) is 0 Å². The molecule has 0 aliphatic rings. The van der Waals surface area contributed by atoms with Gasteiger partial charge >= 0.3 is 11.9 Å². The lowest BCUT2D eigenvalue weighted by atomic mass is 10.2. The summed E-state index contributed by atoms with van der Waals surface area (Å²) in [5, 5.41) is 9.21. The first-order chi connectivity index (χ1) is 13.6. The first-order valence-electron chi connectivity index (χ1n) is 8.47. The molecule has 28 heavy (non-hydrogen) atoms. The number of rotatable bonds is 4. The van der Waals surface area contributed by atoms with E-state index in [1.54, 1.807) is 49.4 Å². The number of aromatic carboxylic acids is 1. The molecule has 0 amide bonds. The van der Waals surface area contributed by atoms with E-state index in [0.29, 0.717) is 17.7 Å². The van der Waals surface area contributed by atoms with Crippen molar-refractivity contribution in [3.8, 4) is 0 Å².